The highest BCUT2D eigenvalue weighted by Crippen LogP contribution is 2.37. The van der Waals surface area contributed by atoms with Crippen LogP contribution in [-0.2, 0) is 18.6 Å². The maximum Gasteiger partial charge on any atom is 0.469 e. The van der Waals surface area contributed by atoms with Crippen molar-refractivity contribution in [3.63, 3.8) is 0 Å². The van der Waals surface area contributed by atoms with E-state index in [1.54, 1.807) is 30.3 Å². The quantitative estimate of drug-likeness (QED) is 0.266. The third-order valence-electron chi connectivity index (χ3n) is 4.67. The number of benzene rings is 1. The average molecular weight is 471 g/mol. The van der Waals surface area contributed by atoms with E-state index in [4.69, 9.17) is 19.3 Å². The minimum Gasteiger partial charge on any atom is -0.464 e. The van der Waals surface area contributed by atoms with Crippen molar-refractivity contribution in [2.45, 2.75) is 30.7 Å². The highest BCUT2D eigenvalue weighted by molar-refractivity contribution is 7.46. The number of phosphoric acid groups is 1. The summed E-state index contributed by atoms with van der Waals surface area (Å²) in [4.78, 5) is 33.1. The van der Waals surface area contributed by atoms with Crippen LogP contribution in [0.5, 0.6) is 5.75 Å². The van der Waals surface area contributed by atoms with Gasteiger partial charge >= 0.3 is 13.8 Å². The van der Waals surface area contributed by atoms with E-state index < -0.39 is 51.1 Å². The monoisotopic (exact) mass is 471 g/mol. The molecule has 5 atom stereocenters. The van der Waals surface area contributed by atoms with Crippen LogP contribution in [0.25, 0.3) is 11.1 Å². The number of rotatable bonds is 7. The predicted octanol–water partition coefficient (Wildman–Crippen LogP) is -0.169. The van der Waals surface area contributed by atoms with Gasteiger partial charge in [0.1, 0.15) is 35.9 Å². The maximum atomic E-state index is 11.5. The molecule has 13 heteroatoms. The first kappa shape index (κ1) is 24.2. The zero-order valence-electron chi connectivity index (χ0n) is 16.7. The Morgan fingerprint density at radius 3 is 2.25 bits per heavy atom. The van der Waals surface area contributed by atoms with Crippen LogP contribution < -0.4 is 4.74 Å². The van der Waals surface area contributed by atoms with E-state index >= 15 is 0 Å². The van der Waals surface area contributed by atoms with Gasteiger partial charge in [-0.2, -0.15) is 0 Å². The molecule has 0 saturated carbocycles. The molecule has 174 valence electrons. The van der Waals surface area contributed by atoms with E-state index in [-0.39, 0.29) is 11.4 Å². The number of ether oxygens (including phenoxy) is 3. The van der Waals surface area contributed by atoms with Crippen LogP contribution >= 0.6 is 7.82 Å². The SMILES string of the molecule is COC(=O)c1ccc(-c2ccc(O[C@H]3O[C@H](COP(=O)(O)O)[C@@H](O)[C@H](O)[C@@H]3O)cc2)cn1. The number of pyridine rings is 1. The molecule has 2 aromatic rings. The van der Waals surface area contributed by atoms with Crippen molar-refractivity contribution in [1.82, 2.24) is 4.98 Å². The van der Waals surface area contributed by atoms with Gasteiger partial charge in [0.15, 0.2) is 0 Å². The topological polar surface area (TPSA) is 185 Å². The normalized spacial score (nSPS) is 25.9. The van der Waals surface area contributed by atoms with Crippen LogP contribution in [0.4, 0.5) is 0 Å². The summed E-state index contributed by atoms with van der Waals surface area (Å²) in [5.41, 5.74) is 1.62. The average Bonchev–Trinajstić information content (AvgIpc) is 2.78. The molecule has 0 amide bonds. The lowest BCUT2D eigenvalue weighted by Gasteiger charge is -2.40. The summed E-state index contributed by atoms with van der Waals surface area (Å²) < 4.78 is 30.7. The molecule has 1 aliphatic rings. The highest BCUT2D eigenvalue weighted by Gasteiger charge is 2.45. The van der Waals surface area contributed by atoms with Crippen molar-refractivity contribution in [3.05, 3.63) is 48.3 Å². The number of hydrogen-bond acceptors (Lipinski definition) is 10. The summed E-state index contributed by atoms with van der Waals surface area (Å²) in [6.07, 6.45) is -6.28. The molecule has 1 fully saturated rings. The Kier molecular flexibility index (Phi) is 7.59. The fourth-order valence-electron chi connectivity index (χ4n) is 2.97. The van der Waals surface area contributed by atoms with Crippen LogP contribution in [0.1, 0.15) is 10.5 Å². The van der Waals surface area contributed by atoms with Gasteiger partial charge in [0, 0.05) is 11.8 Å². The molecule has 0 aliphatic carbocycles. The number of carbonyl (C=O) groups excluding carboxylic acids is 1. The van der Waals surface area contributed by atoms with Gasteiger partial charge in [0.05, 0.1) is 13.7 Å². The number of esters is 1. The summed E-state index contributed by atoms with van der Waals surface area (Å²) in [7, 11) is -3.57. The number of aliphatic hydroxyl groups excluding tert-OH is 3. The Bertz CT molecular complexity index is 962. The molecule has 1 aliphatic heterocycles. The summed E-state index contributed by atoms with van der Waals surface area (Å²) in [6, 6.07) is 9.67. The van der Waals surface area contributed by atoms with Gasteiger partial charge in [-0.05, 0) is 23.8 Å². The van der Waals surface area contributed by atoms with Crippen molar-refractivity contribution in [2.75, 3.05) is 13.7 Å². The molecule has 0 spiro atoms. The summed E-state index contributed by atoms with van der Waals surface area (Å²) >= 11 is 0. The van der Waals surface area contributed by atoms with Crippen molar-refractivity contribution in [3.8, 4) is 16.9 Å². The standard InChI is InChI=1S/C19H22NO11P/c1-28-18(24)13-7-4-11(8-20-13)10-2-5-12(6-3-10)30-19-17(23)16(22)15(21)14(31-19)9-29-32(25,26)27/h2-8,14-17,19,21-23H,9H2,1H3,(H2,25,26,27)/t14-,15-,16+,17+,19+/m1/s1. The van der Waals surface area contributed by atoms with Gasteiger partial charge in [0.2, 0.25) is 6.29 Å². The smallest absolute Gasteiger partial charge is 0.464 e. The Morgan fingerprint density at radius 1 is 1.03 bits per heavy atom. The number of nitrogens with zero attached hydrogens (tertiary/aromatic N) is 1. The summed E-state index contributed by atoms with van der Waals surface area (Å²) in [6.45, 7) is -0.734. The molecule has 1 aromatic heterocycles. The number of methoxy groups -OCH3 is 1. The molecule has 0 radical (unpaired) electrons. The van der Waals surface area contributed by atoms with Crippen molar-refractivity contribution in [2.24, 2.45) is 0 Å². The Labute approximate surface area is 182 Å². The van der Waals surface area contributed by atoms with E-state index in [1.165, 1.54) is 19.4 Å². The first-order chi connectivity index (χ1) is 15.1. The molecular weight excluding hydrogens is 449 g/mol. The molecule has 32 heavy (non-hydrogen) atoms. The molecule has 5 N–H and O–H groups in total. The second kappa shape index (κ2) is 10.0. The van der Waals surface area contributed by atoms with Crippen LogP contribution in [0, 0.1) is 0 Å². The Balaban J connectivity index is 1.68. The number of aliphatic hydroxyl groups is 3. The van der Waals surface area contributed by atoms with E-state index in [9.17, 15) is 24.7 Å². The first-order valence-electron chi connectivity index (χ1n) is 9.30. The molecule has 0 bridgehead atoms. The zero-order chi connectivity index (χ0) is 23.5. The number of carbonyl (C=O) groups is 1. The highest BCUT2D eigenvalue weighted by atomic mass is 31.2. The molecule has 3 rings (SSSR count). The van der Waals surface area contributed by atoms with Gasteiger partial charge in [-0.15, -0.1) is 0 Å². The van der Waals surface area contributed by atoms with Crippen LogP contribution in [0.3, 0.4) is 0 Å². The summed E-state index contributed by atoms with van der Waals surface area (Å²) in [5.74, 6) is -0.307. The minimum atomic E-state index is -4.83. The predicted molar refractivity (Wildman–Crippen MR) is 106 cm³/mol. The lowest BCUT2D eigenvalue weighted by molar-refractivity contribution is -0.276. The number of aromatic nitrogens is 1. The lowest BCUT2D eigenvalue weighted by Crippen LogP contribution is -2.60. The molecular formula is C19H22NO11P. The largest absolute Gasteiger partial charge is 0.469 e. The van der Waals surface area contributed by atoms with Gasteiger partial charge in [-0.25, -0.2) is 14.3 Å². The van der Waals surface area contributed by atoms with Crippen LogP contribution in [-0.4, -0.2) is 80.5 Å². The Hall–Kier alpha value is -2.41. The minimum absolute atomic E-state index is 0.165. The molecule has 12 nitrogen and oxygen atoms in total. The fraction of sp³-hybridized carbons (Fsp3) is 0.368. The lowest BCUT2D eigenvalue weighted by atomic mass is 9.99. The van der Waals surface area contributed by atoms with Crippen molar-refractivity contribution in [1.29, 1.82) is 0 Å². The Morgan fingerprint density at radius 2 is 1.69 bits per heavy atom. The van der Waals surface area contributed by atoms with E-state index in [0.717, 1.165) is 5.56 Å². The van der Waals surface area contributed by atoms with Gasteiger partial charge in [0.25, 0.3) is 0 Å². The third-order valence-corrected chi connectivity index (χ3v) is 5.16. The van der Waals surface area contributed by atoms with Gasteiger partial charge in [-0.3, -0.25) is 4.52 Å². The van der Waals surface area contributed by atoms with Crippen molar-refractivity contribution >= 4 is 13.8 Å². The molecule has 2 heterocycles. The van der Waals surface area contributed by atoms with Crippen LogP contribution in [0.2, 0.25) is 0 Å². The second-order valence-electron chi connectivity index (χ2n) is 6.87. The van der Waals surface area contributed by atoms with Crippen molar-refractivity contribution < 1.29 is 53.2 Å². The third kappa shape index (κ3) is 5.88. The molecule has 1 aromatic carbocycles. The van der Waals surface area contributed by atoms with Crippen LogP contribution in [0.15, 0.2) is 42.6 Å². The van der Waals surface area contributed by atoms with E-state index in [0.29, 0.717) is 5.56 Å². The number of phosphoric ester groups is 1. The second-order valence-corrected chi connectivity index (χ2v) is 8.11. The van der Waals surface area contributed by atoms with Gasteiger partial charge < -0.3 is 39.3 Å². The van der Waals surface area contributed by atoms with E-state index in [1.807, 2.05) is 0 Å². The first-order valence-corrected chi connectivity index (χ1v) is 10.8. The van der Waals surface area contributed by atoms with E-state index in [2.05, 4.69) is 14.2 Å². The zero-order valence-corrected chi connectivity index (χ0v) is 17.6. The molecule has 0 unspecified atom stereocenters. The summed E-state index contributed by atoms with van der Waals surface area (Å²) in [5, 5.41) is 30.1. The fourth-order valence-corrected chi connectivity index (χ4v) is 3.31. The molecule has 1 saturated heterocycles. The van der Waals surface area contributed by atoms with Gasteiger partial charge in [-0.1, -0.05) is 18.2 Å². The number of hydrogen-bond donors (Lipinski definition) is 5. The maximum absolute atomic E-state index is 11.5.